The van der Waals surface area contributed by atoms with Crippen molar-refractivity contribution in [2.24, 2.45) is 11.1 Å². The number of ether oxygens (including phenoxy) is 1. The average Bonchev–Trinajstić information content (AvgIpc) is 3.05. The lowest BCUT2D eigenvalue weighted by molar-refractivity contribution is 0.0475. The summed E-state index contributed by atoms with van der Waals surface area (Å²) in [5, 5.41) is 5.11. The Labute approximate surface area is 119 Å². The quantitative estimate of drug-likeness (QED) is 0.809. The molecule has 112 valence electrons. The van der Waals surface area contributed by atoms with Gasteiger partial charge in [-0.2, -0.15) is 0 Å². The Bertz CT molecular complexity index is 600. The molecule has 6 nitrogen and oxygen atoms in total. The van der Waals surface area contributed by atoms with Crippen LogP contribution in [-0.2, 0) is 14.8 Å². The molecule has 1 aromatic rings. The normalized spacial score (nSPS) is 15.6. The van der Waals surface area contributed by atoms with Crippen molar-refractivity contribution in [3.63, 3.8) is 0 Å². The molecule has 0 bridgehead atoms. The second kappa shape index (κ2) is 5.57. The zero-order valence-electron chi connectivity index (χ0n) is 11.7. The minimum absolute atomic E-state index is 0.0415. The van der Waals surface area contributed by atoms with Crippen LogP contribution in [0.1, 0.15) is 49.6 Å². The van der Waals surface area contributed by atoms with Crippen LogP contribution in [0.3, 0.4) is 0 Å². The summed E-state index contributed by atoms with van der Waals surface area (Å²) in [5.74, 6) is -0.0505. The number of carbonyl (C=O) groups is 1. The fourth-order valence-electron chi connectivity index (χ4n) is 1.89. The number of nitrogens with zero attached hydrogens (tertiary/aromatic N) is 1. The summed E-state index contributed by atoms with van der Waals surface area (Å²) in [6.45, 7) is 4.41. The molecule has 1 heterocycles. The van der Waals surface area contributed by atoms with E-state index < -0.39 is 16.0 Å². The summed E-state index contributed by atoms with van der Waals surface area (Å²) in [5.41, 5.74) is 0.264. The van der Waals surface area contributed by atoms with E-state index in [-0.39, 0.29) is 16.6 Å². The molecule has 0 unspecified atom stereocenters. The van der Waals surface area contributed by atoms with Crippen LogP contribution in [0.4, 0.5) is 0 Å². The third kappa shape index (κ3) is 3.61. The minimum atomic E-state index is -3.81. The molecule has 0 radical (unpaired) electrons. The molecule has 1 aliphatic rings. The van der Waals surface area contributed by atoms with Crippen LogP contribution in [0.2, 0.25) is 0 Å². The molecule has 20 heavy (non-hydrogen) atoms. The van der Waals surface area contributed by atoms with Gasteiger partial charge in [0.25, 0.3) is 0 Å². The summed E-state index contributed by atoms with van der Waals surface area (Å²) in [7, 11) is -3.81. The van der Waals surface area contributed by atoms with E-state index >= 15 is 0 Å². The molecule has 0 aliphatic heterocycles. The van der Waals surface area contributed by atoms with Crippen molar-refractivity contribution in [1.82, 2.24) is 4.57 Å². The van der Waals surface area contributed by atoms with Gasteiger partial charge in [0.2, 0.25) is 10.0 Å². The van der Waals surface area contributed by atoms with Gasteiger partial charge in [0, 0.05) is 12.2 Å². The molecule has 0 atom stereocenters. The second-order valence-corrected chi connectivity index (χ2v) is 7.12. The first-order valence-corrected chi connectivity index (χ1v) is 8.25. The van der Waals surface area contributed by atoms with Gasteiger partial charge in [-0.1, -0.05) is 13.8 Å². The van der Waals surface area contributed by atoms with Crippen LogP contribution in [0.5, 0.6) is 0 Å². The Hall–Kier alpha value is -1.34. The van der Waals surface area contributed by atoms with Crippen molar-refractivity contribution in [2.75, 3.05) is 6.61 Å². The number of hydrogen-bond donors (Lipinski definition) is 1. The number of nitrogens with two attached hydrogens (primary N) is 1. The van der Waals surface area contributed by atoms with E-state index in [1.807, 2.05) is 13.8 Å². The van der Waals surface area contributed by atoms with Crippen LogP contribution in [0, 0.1) is 5.92 Å². The lowest BCUT2D eigenvalue weighted by Crippen LogP contribution is -2.12. The van der Waals surface area contributed by atoms with Crippen molar-refractivity contribution in [3.05, 3.63) is 18.0 Å². The number of primary sulfonamides is 1. The van der Waals surface area contributed by atoms with Crippen molar-refractivity contribution in [3.8, 4) is 0 Å². The Balaban J connectivity index is 2.17. The summed E-state index contributed by atoms with van der Waals surface area (Å²) >= 11 is 0. The van der Waals surface area contributed by atoms with Crippen LogP contribution in [0.15, 0.2) is 17.2 Å². The monoisotopic (exact) mass is 300 g/mol. The second-order valence-electron chi connectivity index (χ2n) is 5.56. The van der Waals surface area contributed by atoms with Crippen LogP contribution < -0.4 is 5.14 Å². The lowest BCUT2D eigenvalue weighted by atomic mass is 10.1. The van der Waals surface area contributed by atoms with Gasteiger partial charge in [-0.3, -0.25) is 0 Å². The van der Waals surface area contributed by atoms with Crippen molar-refractivity contribution in [2.45, 2.75) is 44.0 Å². The van der Waals surface area contributed by atoms with Gasteiger partial charge in [0.1, 0.15) is 10.6 Å². The molecule has 0 amide bonds. The Kier molecular flexibility index (Phi) is 4.19. The fourth-order valence-corrected chi connectivity index (χ4v) is 2.43. The highest BCUT2D eigenvalue weighted by Gasteiger charge is 2.30. The molecule has 0 saturated heterocycles. The summed E-state index contributed by atoms with van der Waals surface area (Å²) < 4.78 is 29.6. The third-order valence-electron chi connectivity index (χ3n) is 3.23. The van der Waals surface area contributed by atoms with E-state index in [0.29, 0.717) is 12.5 Å². The first-order chi connectivity index (χ1) is 9.29. The standard InChI is InChI=1S/C13H20N2O4S/c1-9(2)5-6-19-13(16)12-7-11(20(14,17)18)8-15(12)10-3-4-10/h7-10H,3-6H2,1-2H3,(H2,14,17,18). The van der Waals surface area contributed by atoms with E-state index in [1.165, 1.54) is 12.3 Å². The van der Waals surface area contributed by atoms with Gasteiger partial charge in [-0.15, -0.1) is 0 Å². The smallest absolute Gasteiger partial charge is 0.354 e. The Morgan fingerprint density at radius 2 is 2.15 bits per heavy atom. The predicted molar refractivity (Wildman–Crippen MR) is 73.8 cm³/mol. The third-order valence-corrected chi connectivity index (χ3v) is 4.11. The largest absolute Gasteiger partial charge is 0.461 e. The minimum Gasteiger partial charge on any atom is -0.461 e. The summed E-state index contributed by atoms with van der Waals surface area (Å²) in [4.78, 5) is 12.0. The van der Waals surface area contributed by atoms with Gasteiger partial charge >= 0.3 is 5.97 Å². The Morgan fingerprint density at radius 3 is 2.65 bits per heavy atom. The first kappa shape index (κ1) is 15.1. The molecule has 0 spiro atoms. The zero-order chi connectivity index (χ0) is 14.9. The number of sulfonamides is 1. The summed E-state index contributed by atoms with van der Waals surface area (Å²) in [6.07, 6.45) is 4.07. The van der Waals surface area contributed by atoms with Crippen LogP contribution in [-0.4, -0.2) is 25.6 Å². The van der Waals surface area contributed by atoms with E-state index in [0.717, 1.165) is 19.3 Å². The van der Waals surface area contributed by atoms with Gasteiger partial charge in [-0.25, -0.2) is 18.4 Å². The van der Waals surface area contributed by atoms with Crippen LogP contribution >= 0.6 is 0 Å². The maximum absolute atomic E-state index is 12.0. The molecule has 1 fully saturated rings. The number of aromatic nitrogens is 1. The average molecular weight is 300 g/mol. The Morgan fingerprint density at radius 1 is 1.50 bits per heavy atom. The first-order valence-electron chi connectivity index (χ1n) is 6.71. The highest BCUT2D eigenvalue weighted by atomic mass is 32.2. The van der Waals surface area contributed by atoms with E-state index in [2.05, 4.69) is 0 Å². The van der Waals surface area contributed by atoms with Gasteiger partial charge in [-0.05, 0) is 31.2 Å². The fraction of sp³-hybridized carbons (Fsp3) is 0.615. The highest BCUT2D eigenvalue weighted by Crippen LogP contribution is 2.37. The van der Waals surface area contributed by atoms with E-state index in [1.54, 1.807) is 4.57 Å². The maximum atomic E-state index is 12.0. The topological polar surface area (TPSA) is 91.4 Å². The molecular formula is C13H20N2O4S. The highest BCUT2D eigenvalue weighted by molar-refractivity contribution is 7.89. The maximum Gasteiger partial charge on any atom is 0.354 e. The van der Waals surface area contributed by atoms with Crippen molar-refractivity contribution < 1.29 is 17.9 Å². The zero-order valence-corrected chi connectivity index (χ0v) is 12.5. The molecule has 1 saturated carbocycles. The number of carbonyl (C=O) groups excluding carboxylic acids is 1. The molecular weight excluding hydrogens is 280 g/mol. The molecule has 2 N–H and O–H groups in total. The molecule has 7 heteroatoms. The number of esters is 1. The van der Waals surface area contributed by atoms with Gasteiger partial charge in [0.05, 0.1) is 6.61 Å². The molecule has 1 aromatic heterocycles. The van der Waals surface area contributed by atoms with E-state index in [9.17, 15) is 13.2 Å². The SMILES string of the molecule is CC(C)CCOC(=O)c1cc(S(N)(=O)=O)cn1C1CC1. The van der Waals surface area contributed by atoms with Gasteiger partial charge in [0.15, 0.2) is 0 Å². The van der Waals surface area contributed by atoms with Crippen molar-refractivity contribution >= 4 is 16.0 Å². The van der Waals surface area contributed by atoms with Crippen LogP contribution in [0.25, 0.3) is 0 Å². The lowest BCUT2D eigenvalue weighted by Gasteiger charge is -2.09. The molecule has 0 aromatic carbocycles. The predicted octanol–water partition coefficient (Wildman–Crippen LogP) is 1.67. The van der Waals surface area contributed by atoms with E-state index in [4.69, 9.17) is 9.88 Å². The molecule has 2 rings (SSSR count). The van der Waals surface area contributed by atoms with Crippen molar-refractivity contribution in [1.29, 1.82) is 0 Å². The number of hydrogen-bond acceptors (Lipinski definition) is 4. The summed E-state index contributed by atoms with van der Waals surface area (Å²) in [6, 6.07) is 1.48. The molecule has 1 aliphatic carbocycles. The van der Waals surface area contributed by atoms with Gasteiger partial charge < -0.3 is 9.30 Å². The number of rotatable bonds is 6.